The van der Waals surface area contributed by atoms with Crippen molar-refractivity contribution < 1.29 is 4.74 Å². The van der Waals surface area contributed by atoms with Crippen LogP contribution in [0.5, 0.6) is 0 Å². The van der Waals surface area contributed by atoms with Gasteiger partial charge in [-0.3, -0.25) is 0 Å². The first-order valence-electron chi connectivity index (χ1n) is 6.70. The van der Waals surface area contributed by atoms with E-state index in [4.69, 9.17) is 9.73 Å². The highest BCUT2D eigenvalue weighted by atomic mass is 16.5. The Labute approximate surface area is 118 Å². The summed E-state index contributed by atoms with van der Waals surface area (Å²) >= 11 is 0. The summed E-state index contributed by atoms with van der Waals surface area (Å²) < 4.78 is 5.19. The highest BCUT2D eigenvalue weighted by molar-refractivity contribution is 6.07. The predicted molar refractivity (Wildman–Crippen MR) is 81.0 cm³/mol. The van der Waals surface area contributed by atoms with E-state index in [0.29, 0.717) is 6.61 Å². The van der Waals surface area contributed by atoms with E-state index in [1.54, 1.807) is 7.11 Å². The summed E-state index contributed by atoms with van der Waals surface area (Å²) in [6, 6.07) is 14.2. The molecule has 4 heteroatoms. The second-order valence-electron chi connectivity index (χ2n) is 4.69. The van der Waals surface area contributed by atoms with Crippen LogP contribution in [0.15, 0.2) is 53.7 Å². The van der Waals surface area contributed by atoms with E-state index in [9.17, 15) is 0 Å². The van der Waals surface area contributed by atoms with Crippen LogP contribution < -0.4 is 4.90 Å². The maximum Gasteiger partial charge on any atom is 0.154 e. The molecule has 0 atom stereocenters. The molecule has 0 bridgehead atoms. The van der Waals surface area contributed by atoms with Gasteiger partial charge in [0.25, 0.3) is 0 Å². The van der Waals surface area contributed by atoms with Gasteiger partial charge < -0.3 is 9.64 Å². The molecule has 2 heterocycles. The SMILES string of the molecule is COCCN1CC(c2ccccc2)=Nc2cccnc21. The average Bonchev–Trinajstić information content (AvgIpc) is 2.53. The van der Waals surface area contributed by atoms with Gasteiger partial charge in [-0.1, -0.05) is 30.3 Å². The van der Waals surface area contributed by atoms with Crippen LogP contribution in [0.3, 0.4) is 0 Å². The molecule has 2 aromatic rings. The van der Waals surface area contributed by atoms with Gasteiger partial charge in [0.2, 0.25) is 0 Å². The normalized spacial score (nSPS) is 13.8. The molecule has 0 fully saturated rings. The molecule has 3 rings (SSSR count). The van der Waals surface area contributed by atoms with Gasteiger partial charge in [-0.25, -0.2) is 9.98 Å². The first-order valence-corrected chi connectivity index (χ1v) is 6.70. The highest BCUT2D eigenvalue weighted by Gasteiger charge is 2.20. The van der Waals surface area contributed by atoms with Gasteiger partial charge in [-0.15, -0.1) is 0 Å². The topological polar surface area (TPSA) is 37.7 Å². The molecule has 1 aliphatic heterocycles. The number of methoxy groups -OCH3 is 1. The fourth-order valence-corrected chi connectivity index (χ4v) is 2.33. The van der Waals surface area contributed by atoms with Gasteiger partial charge in [0.15, 0.2) is 5.82 Å². The van der Waals surface area contributed by atoms with Crippen LogP contribution in [0.1, 0.15) is 5.56 Å². The average molecular weight is 267 g/mol. The van der Waals surface area contributed by atoms with Gasteiger partial charge in [-0.2, -0.15) is 0 Å². The monoisotopic (exact) mass is 267 g/mol. The molecule has 0 spiro atoms. The number of rotatable bonds is 4. The van der Waals surface area contributed by atoms with Crippen LogP contribution in [-0.2, 0) is 4.74 Å². The molecule has 20 heavy (non-hydrogen) atoms. The van der Waals surface area contributed by atoms with Crippen molar-refractivity contribution in [3.8, 4) is 0 Å². The highest BCUT2D eigenvalue weighted by Crippen LogP contribution is 2.30. The van der Waals surface area contributed by atoms with Crippen molar-refractivity contribution in [2.75, 3.05) is 31.7 Å². The number of aromatic nitrogens is 1. The summed E-state index contributed by atoms with van der Waals surface area (Å²) in [5, 5.41) is 0. The molecular formula is C16H17N3O. The van der Waals surface area contributed by atoms with Gasteiger partial charge in [0.05, 0.1) is 18.9 Å². The summed E-state index contributed by atoms with van der Waals surface area (Å²) in [7, 11) is 1.72. The zero-order valence-corrected chi connectivity index (χ0v) is 11.5. The molecule has 0 saturated heterocycles. The zero-order chi connectivity index (χ0) is 13.8. The first kappa shape index (κ1) is 12.8. The number of benzene rings is 1. The zero-order valence-electron chi connectivity index (χ0n) is 11.5. The molecule has 0 N–H and O–H groups in total. The molecule has 1 aromatic carbocycles. The fourth-order valence-electron chi connectivity index (χ4n) is 2.33. The Morgan fingerprint density at radius 2 is 2.00 bits per heavy atom. The van der Waals surface area contributed by atoms with Crippen molar-refractivity contribution >= 4 is 17.2 Å². The van der Waals surface area contributed by atoms with Gasteiger partial charge in [-0.05, 0) is 17.7 Å². The number of hydrogen-bond acceptors (Lipinski definition) is 4. The standard InChI is InChI=1S/C16H17N3O/c1-20-11-10-19-12-15(13-6-3-2-4-7-13)18-14-8-5-9-17-16(14)19/h2-9H,10-12H2,1H3. The third kappa shape index (κ3) is 2.56. The lowest BCUT2D eigenvalue weighted by molar-refractivity contribution is 0.206. The molecule has 102 valence electrons. The molecule has 0 unspecified atom stereocenters. The Morgan fingerprint density at radius 1 is 1.15 bits per heavy atom. The number of nitrogens with zero attached hydrogens (tertiary/aromatic N) is 3. The maximum absolute atomic E-state index is 5.19. The maximum atomic E-state index is 5.19. The molecule has 0 radical (unpaired) electrons. The van der Waals surface area contributed by atoms with Crippen LogP contribution in [0, 0.1) is 0 Å². The summed E-state index contributed by atoms with van der Waals surface area (Å²) in [6.45, 7) is 2.25. The number of anilines is 1. The molecule has 1 aliphatic rings. The van der Waals surface area contributed by atoms with Gasteiger partial charge in [0.1, 0.15) is 5.69 Å². The minimum Gasteiger partial charge on any atom is -0.383 e. The number of fused-ring (bicyclic) bond motifs is 1. The quantitative estimate of drug-likeness (QED) is 0.854. The van der Waals surface area contributed by atoms with Crippen molar-refractivity contribution in [3.05, 3.63) is 54.2 Å². The van der Waals surface area contributed by atoms with Crippen molar-refractivity contribution in [1.82, 2.24) is 4.98 Å². The summed E-state index contributed by atoms with van der Waals surface area (Å²) in [5.41, 5.74) is 3.15. The summed E-state index contributed by atoms with van der Waals surface area (Å²) in [4.78, 5) is 11.4. The van der Waals surface area contributed by atoms with Crippen molar-refractivity contribution in [3.63, 3.8) is 0 Å². The van der Waals surface area contributed by atoms with Crippen molar-refractivity contribution in [1.29, 1.82) is 0 Å². The van der Waals surface area contributed by atoms with Crippen LogP contribution in [0.2, 0.25) is 0 Å². The predicted octanol–water partition coefficient (Wildman–Crippen LogP) is 2.67. The van der Waals surface area contributed by atoms with Crippen molar-refractivity contribution in [2.45, 2.75) is 0 Å². The lowest BCUT2D eigenvalue weighted by Gasteiger charge is -2.29. The molecule has 0 aliphatic carbocycles. The Bertz CT molecular complexity index is 610. The van der Waals surface area contributed by atoms with E-state index in [0.717, 1.165) is 35.9 Å². The molecule has 0 saturated carbocycles. The van der Waals surface area contributed by atoms with Gasteiger partial charge >= 0.3 is 0 Å². The van der Waals surface area contributed by atoms with E-state index in [-0.39, 0.29) is 0 Å². The lowest BCUT2D eigenvalue weighted by Crippen LogP contribution is -2.35. The third-order valence-corrected chi connectivity index (χ3v) is 3.33. The first-order chi connectivity index (χ1) is 9.88. The minimum absolute atomic E-state index is 0.679. The largest absolute Gasteiger partial charge is 0.383 e. The van der Waals surface area contributed by atoms with Crippen LogP contribution >= 0.6 is 0 Å². The van der Waals surface area contributed by atoms with E-state index in [1.165, 1.54) is 0 Å². The molecule has 4 nitrogen and oxygen atoms in total. The fraction of sp³-hybridized carbons (Fsp3) is 0.250. The lowest BCUT2D eigenvalue weighted by atomic mass is 10.1. The Morgan fingerprint density at radius 3 is 2.80 bits per heavy atom. The smallest absolute Gasteiger partial charge is 0.154 e. The van der Waals surface area contributed by atoms with E-state index in [2.05, 4.69) is 22.0 Å². The Hall–Kier alpha value is -2.20. The Kier molecular flexibility index (Phi) is 3.74. The van der Waals surface area contributed by atoms with Gasteiger partial charge in [0, 0.05) is 19.9 Å². The Balaban J connectivity index is 1.97. The van der Waals surface area contributed by atoms with E-state index < -0.39 is 0 Å². The van der Waals surface area contributed by atoms with Crippen molar-refractivity contribution in [2.24, 2.45) is 4.99 Å². The van der Waals surface area contributed by atoms with Crippen LogP contribution in [-0.4, -0.2) is 37.5 Å². The number of aliphatic imine (C=N–C) groups is 1. The van der Waals surface area contributed by atoms with Crippen LogP contribution in [0.25, 0.3) is 0 Å². The molecule has 0 amide bonds. The third-order valence-electron chi connectivity index (χ3n) is 3.33. The summed E-state index contributed by atoms with van der Waals surface area (Å²) in [5.74, 6) is 0.934. The number of pyridine rings is 1. The number of hydrogen-bond donors (Lipinski definition) is 0. The molecule has 1 aromatic heterocycles. The minimum atomic E-state index is 0.679. The second-order valence-corrected chi connectivity index (χ2v) is 4.69. The van der Waals surface area contributed by atoms with E-state index in [1.807, 2.05) is 36.5 Å². The second kappa shape index (κ2) is 5.84. The van der Waals surface area contributed by atoms with Crippen LogP contribution in [0.4, 0.5) is 11.5 Å². The summed E-state index contributed by atoms with van der Waals surface area (Å²) in [6.07, 6.45) is 1.81. The van der Waals surface area contributed by atoms with E-state index >= 15 is 0 Å². The number of ether oxygens (including phenoxy) is 1. The molecular weight excluding hydrogens is 250 g/mol.